The summed E-state index contributed by atoms with van der Waals surface area (Å²) in [5, 5.41) is 0. The fraction of sp³-hybridized carbons (Fsp3) is 0.429. The second-order valence-corrected chi connectivity index (χ2v) is 6.22. The molecular weight excluding hydrogens is 305 g/mol. The van der Waals surface area contributed by atoms with E-state index in [2.05, 4.69) is 10.1 Å². The number of hydrogen-bond acceptors (Lipinski definition) is 3. The topological polar surface area (TPSA) is 43.4 Å². The van der Waals surface area contributed by atoms with Crippen LogP contribution in [0.5, 0.6) is 5.75 Å². The highest BCUT2D eigenvalue weighted by Gasteiger charge is 2.49. The third-order valence-electron chi connectivity index (χ3n) is 2.76. The third-order valence-corrected chi connectivity index (χ3v) is 3.72. The molecule has 0 radical (unpaired) electrons. The largest absolute Gasteiger partial charge is 0.534 e. The second kappa shape index (κ2) is 6.39. The van der Waals surface area contributed by atoms with Gasteiger partial charge in [0.25, 0.3) is 0 Å². The Morgan fingerprint density at radius 1 is 1.33 bits per heavy atom. The van der Waals surface area contributed by atoms with Gasteiger partial charge in [0.15, 0.2) is 0 Å². The van der Waals surface area contributed by atoms with Crippen molar-refractivity contribution in [2.24, 2.45) is 0 Å². The molecular formula is C14H15F3O3S. The first-order valence-corrected chi connectivity index (χ1v) is 7.57. The molecule has 0 aliphatic heterocycles. The first kappa shape index (κ1) is 17.4. The quantitative estimate of drug-likeness (QED) is 0.473. The van der Waals surface area contributed by atoms with Crippen LogP contribution in [0.3, 0.4) is 0 Å². The SMILES string of the molecule is C#CCCc1cccc(C(C)C)c1OS(=O)(=O)C(F)(F)F. The maximum Gasteiger partial charge on any atom is 0.534 e. The zero-order valence-electron chi connectivity index (χ0n) is 11.6. The fourth-order valence-electron chi connectivity index (χ4n) is 1.72. The predicted molar refractivity (Wildman–Crippen MR) is 73.3 cm³/mol. The zero-order valence-corrected chi connectivity index (χ0v) is 12.4. The molecule has 0 bridgehead atoms. The van der Waals surface area contributed by atoms with Crippen LogP contribution in [-0.2, 0) is 16.5 Å². The molecule has 1 rings (SSSR count). The Bertz CT molecular complexity index is 640. The lowest BCUT2D eigenvalue weighted by molar-refractivity contribution is -0.0500. The molecule has 0 aliphatic carbocycles. The summed E-state index contributed by atoms with van der Waals surface area (Å²) in [5.74, 6) is 1.88. The fourth-order valence-corrected chi connectivity index (χ4v) is 2.24. The molecule has 0 heterocycles. The highest BCUT2D eigenvalue weighted by atomic mass is 32.2. The number of hydrogen-bond donors (Lipinski definition) is 0. The number of terminal acetylenes is 1. The van der Waals surface area contributed by atoms with E-state index in [0.29, 0.717) is 11.1 Å². The summed E-state index contributed by atoms with van der Waals surface area (Å²) in [6.07, 6.45) is 5.64. The average Bonchev–Trinajstić information content (AvgIpc) is 2.35. The van der Waals surface area contributed by atoms with E-state index in [-0.39, 0.29) is 24.5 Å². The van der Waals surface area contributed by atoms with Gasteiger partial charge < -0.3 is 4.18 Å². The Morgan fingerprint density at radius 2 is 1.95 bits per heavy atom. The van der Waals surface area contributed by atoms with Crippen molar-refractivity contribution < 1.29 is 25.8 Å². The van der Waals surface area contributed by atoms with Crippen molar-refractivity contribution in [2.75, 3.05) is 0 Å². The zero-order chi connectivity index (χ0) is 16.3. The Kier molecular flexibility index (Phi) is 5.29. The first-order valence-electron chi connectivity index (χ1n) is 6.16. The molecule has 0 amide bonds. The molecule has 0 aromatic heterocycles. The highest BCUT2D eigenvalue weighted by molar-refractivity contribution is 7.88. The standard InChI is InChI=1S/C14H15F3O3S/c1-4-5-7-11-8-6-9-12(10(2)3)13(11)20-21(18,19)14(15,16)17/h1,6,8-10H,5,7H2,2-3H3. The summed E-state index contributed by atoms with van der Waals surface area (Å²) < 4.78 is 64.3. The van der Waals surface area contributed by atoms with Crippen LogP contribution in [0.15, 0.2) is 18.2 Å². The Hall–Kier alpha value is -1.68. The number of halogens is 3. The molecule has 7 heteroatoms. The molecule has 1 aromatic carbocycles. The second-order valence-electron chi connectivity index (χ2n) is 4.68. The summed E-state index contributed by atoms with van der Waals surface area (Å²) >= 11 is 0. The summed E-state index contributed by atoms with van der Waals surface area (Å²) in [6.45, 7) is 3.46. The van der Waals surface area contributed by atoms with Crippen LogP contribution in [0, 0.1) is 12.3 Å². The van der Waals surface area contributed by atoms with Gasteiger partial charge in [-0.15, -0.1) is 12.3 Å². The maximum absolute atomic E-state index is 12.5. The smallest absolute Gasteiger partial charge is 0.375 e. The Morgan fingerprint density at radius 3 is 2.43 bits per heavy atom. The summed E-state index contributed by atoms with van der Waals surface area (Å²) in [5.41, 5.74) is -4.75. The van der Waals surface area contributed by atoms with E-state index in [1.165, 1.54) is 12.1 Å². The third kappa shape index (κ3) is 4.14. The van der Waals surface area contributed by atoms with Crippen molar-refractivity contribution in [1.82, 2.24) is 0 Å². The number of alkyl halides is 3. The minimum atomic E-state index is -5.71. The van der Waals surface area contributed by atoms with Crippen LogP contribution in [0.1, 0.15) is 37.3 Å². The molecule has 1 aromatic rings. The van der Waals surface area contributed by atoms with Crippen molar-refractivity contribution in [3.05, 3.63) is 29.3 Å². The predicted octanol–water partition coefficient (Wildman–Crippen LogP) is 3.60. The highest BCUT2D eigenvalue weighted by Crippen LogP contribution is 2.35. The van der Waals surface area contributed by atoms with Gasteiger partial charge in [-0.2, -0.15) is 21.6 Å². The molecule has 0 N–H and O–H groups in total. The molecule has 116 valence electrons. The van der Waals surface area contributed by atoms with E-state index in [0.717, 1.165) is 0 Å². The number of para-hydroxylation sites is 1. The van der Waals surface area contributed by atoms with Crippen molar-refractivity contribution >= 4 is 10.1 Å². The summed E-state index contributed by atoms with van der Waals surface area (Å²) in [7, 11) is -5.71. The van der Waals surface area contributed by atoms with Gasteiger partial charge in [0.05, 0.1) is 0 Å². The van der Waals surface area contributed by atoms with Gasteiger partial charge in [-0.25, -0.2) is 0 Å². The minimum absolute atomic E-state index is 0.200. The minimum Gasteiger partial charge on any atom is -0.375 e. The van der Waals surface area contributed by atoms with Crippen molar-refractivity contribution in [2.45, 2.75) is 38.1 Å². The van der Waals surface area contributed by atoms with Gasteiger partial charge in [0, 0.05) is 6.42 Å². The molecule has 0 atom stereocenters. The van der Waals surface area contributed by atoms with E-state index in [1.807, 2.05) is 0 Å². The van der Waals surface area contributed by atoms with E-state index in [4.69, 9.17) is 6.42 Å². The molecule has 3 nitrogen and oxygen atoms in total. The monoisotopic (exact) mass is 320 g/mol. The lowest BCUT2D eigenvalue weighted by atomic mass is 9.97. The van der Waals surface area contributed by atoms with Crippen molar-refractivity contribution in [3.8, 4) is 18.1 Å². The van der Waals surface area contributed by atoms with Crippen LogP contribution in [-0.4, -0.2) is 13.9 Å². The summed E-state index contributed by atoms with van der Waals surface area (Å²) in [6, 6.07) is 4.67. The van der Waals surface area contributed by atoms with E-state index >= 15 is 0 Å². The van der Waals surface area contributed by atoms with Gasteiger partial charge in [-0.05, 0) is 23.5 Å². The van der Waals surface area contributed by atoms with Crippen molar-refractivity contribution in [1.29, 1.82) is 0 Å². The lowest BCUT2D eigenvalue weighted by Crippen LogP contribution is -2.28. The van der Waals surface area contributed by atoms with Crippen LogP contribution in [0.2, 0.25) is 0 Å². The molecule has 0 unspecified atom stereocenters. The average molecular weight is 320 g/mol. The van der Waals surface area contributed by atoms with Crippen LogP contribution < -0.4 is 4.18 Å². The molecule has 0 aliphatic rings. The van der Waals surface area contributed by atoms with Gasteiger partial charge in [-0.1, -0.05) is 32.0 Å². The molecule has 21 heavy (non-hydrogen) atoms. The van der Waals surface area contributed by atoms with Crippen molar-refractivity contribution in [3.63, 3.8) is 0 Å². The van der Waals surface area contributed by atoms with E-state index in [1.54, 1.807) is 19.9 Å². The van der Waals surface area contributed by atoms with Gasteiger partial charge in [0.1, 0.15) is 5.75 Å². The number of benzene rings is 1. The van der Waals surface area contributed by atoms with E-state index in [9.17, 15) is 21.6 Å². The first-order chi connectivity index (χ1) is 9.60. The molecule has 0 saturated carbocycles. The van der Waals surface area contributed by atoms with Gasteiger partial charge in [0.2, 0.25) is 0 Å². The maximum atomic E-state index is 12.5. The molecule has 0 saturated heterocycles. The molecule has 0 fully saturated rings. The number of aryl methyl sites for hydroxylation is 1. The van der Waals surface area contributed by atoms with E-state index < -0.39 is 15.6 Å². The molecule has 0 spiro atoms. The van der Waals surface area contributed by atoms with Crippen LogP contribution >= 0.6 is 0 Å². The van der Waals surface area contributed by atoms with Gasteiger partial charge >= 0.3 is 15.6 Å². The van der Waals surface area contributed by atoms with Crippen LogP contribution in [0.4, 0.5) is 13.2 Å². The Labute approximate surface area is 122 Å². The number of rotatable bonds is 5. The van der Waals surface area contributed by atoms with Gasteiger partial charge in [-0.3, -0.25) is 0 Å². The Balaban J connectivity index is 3.34. The normalized spacial score (nSPS) is 12.2. The lowest BCUT2D eigenvalue weighted by Gasteiger charge is -2.18. The van der Waals surface area contributed by atoms with Crippen LogP contribution in [0.25, 0.3) is 0 Å². The summed E-state index contributed by atoms with van der Waals surface area (Å²) in [4.78, 5) is 0.